The number of rotatable bonds is 6. The molecule has 3 rings (SSSR count). The van der Waals surface area contributed by atoms with Crippen molar-refractivity contribution in [1.29, 1.82) is 0 Å². The average Bonchev–Trinajstić information content (AvgIpc) is 3.06. The van der Waals surface area contributed by atoms with E-state index in [9.17, 15) is 4.79 Å². The molecule has 5 heteroatoms. The van der Waals surface area contributed by atoms with Crippen LogP contribution in [0.15, 0.2) is 42.5 Å². The molecule has 1 heterocycles. The van der Waals surface area contributed by atoms with E-state index in [1.54, 1.807) is 0 Å². The number of para-hydroxylation sites is 1. The fourth-order valence-corrected chi connectivity index (χ4v) is 2.79. The highest BCUT2D eigenvalue weighted by atomic mass is 35.5. The van der Waals surface area contributed by atoms with Gasteiger partial charge in [-0.2, -0.15) is 0 Å². The van der Waals surface area contributed by atoms with Crippen LogP contribution in [0.2, 0.25) is 0 Å². The van der Waals surface area contributed by atoms with E-state index in [2.05, 4.69) is 35.8 Å². The Labute approximate surface area is 149 Å². The van der Waals surface area contributed by atoms with Crippen molar-refractivity contribution in [1.82, 2.24) is 10.6 Å². The molecule has 128 valence electrons. The molecule has 1 amide bonds. The maximum atomic E-state index is 12.0. The first-order valence-electron chi connectivity index (χ1n) is 8.05. The van der Waals surface area contributed by atoms with E-state index < -0.39 is 0 Å². The topological polar surface area (TPSA) is 50.4 Å². The van der Waals surface area contributed by atoms with Crippen molar-refractivity contribution >= 4 is 18.3 Å². The molecular weight excluding hydrogens is 324 g/mol. The summed E-state index contributed by atoms with van der Waals surface area (Å²) in [5.74, 6) is 0.684. The van der Waals surface area contributed by atoms with Gasteiger partial charge < -0.3 is 15.4 Å². The molecule has 24 heavy (non-hydrogen) atoms. The van der Waals surface area contributed by atoms with Crippen LogP contribution in [0.3, 0.4) is 0 Å². The van der Waals surface area contributed by atoms with Gasteiger partial charge in [0.25, 0.3) is 5.91 Å². The Morgan fingerprint density at radius 1 is 1.17 bits per heavy atom. The third-order valence-corrected chi connectivity index (χ3v) is 4.10. The number of amides is 1. The molecule has 0 saturated carbocycles. The summed E-state index contributed by atoms with van der Waals surface area (Å²) in [6.07, 6.45) is 0.890. The molecule has 0 spiro atoms. The first kappa shape index (κ1) is 18.3. The second-order valence-electron chi connectivity index (χ2n) is 5.73. The summed E-state index contributed by atoms with van der Waals surface area (Å²) in [4.78, 5) is 12.0. The molecule has 0 aromatic heterocycles. The molecule has 0 bridgehead atoms. The quantitative estimate of drug-likeness (QED) is 0.845. The van der Waals surface area contributed by atoms with Crippen LogP contribution in [-0.2, 0) is 30.8 Å². The Morgan fingerprint density at radius 3 is 2.79 bits per heavy atom. The molecule has 2 N–H and O–H groups in total. The number of ether oxygens (including phenoxy) is 1. The number of carbonyl (C=O) groups excluding carboxylic acids is 1. The zero-order valence-corrected chi connectivity index (χ0v) is 14.6. The van der Waals surface area contributed by atoms with Crippen molar-refractivity contribution in [3.05, 3.63) is 64.7 Å². The van der Waals surface area contributed by atoms with Gasteiger partial charge in [0.05, 0.1) is 0 Å². The summed E-state index contributed by atoms with van der Waals surface area (Å²) in [5.41, 5.74) is 4.91. The van der Waals surface area contributed by atoms with Crippen LogP contribution in [0.5, 0.6) is 5.75 Å². The number of halogens is 1. The van der Waals surface area contributed by atoms with Crippen molar-refractivity contribution in [2.45, 2.75) is 33.0 Å². The van der Waals surface area contributed by atoms with Gasteiger partial charge in [0.1, 0.15) is 5.75 Å². The lowest BCUT2D eigenvalue weighted by atomic mass is 10.1. The number of hydrogen-bond donors (Lipinski definition) is 2. The highest BCUT2D eigenvalue weighted by molar-refractivity contribution is 5.85. The van der Waals surface area contributed by atoms with Gasteiger partial charge in [-0.25, -0.2) is 0 Å². The van der Waals surface area contributed by atoms with Crippen LogP contribution in [0.25, 0.3) is 0 Å². The Bertz CT molecular complexity index is 704. The predicted octanol–water partition coefficient (Wildman–Crippen LogP) is 2.97. The van der Waals surface area contributed by atoms with Gasteiger partial charge in [-0.3, -0.25) is 4.79 Å². The molecule has 0 fully saturated rings. The summed E-state index contributed by atoms with van der Waals surface area (Å²) in [5, 5.41) is 6.24. The number of aryl methyl sites for hydroxylation is 1. The first-order chi connectivity index (χ1) is 11.3. The minimum atomic E-state index is -0.102. The van der Waals surface area contributed by atoms with E-state index in [-0.39, 0.29) is 24.9 Å². The highest BCUT2D eigenvalue weighted by Crippen LogP contribution is 2.18. The Kier molecular flexibility index (Phi) is 6.64. The molecule has 0 atom stereocenters. The molecule has 0 unspecified atom stereocenters. The van der Waals surface area contributed by atoms with Gasteiger partial charge in [0, 0.05) is 19.6 Å². The van der Waals surface area contributed by atoms with Crippen LogP contribution in [0.4, 0.5) is 0 Å². The van der Waals surface area contributed by atoms with Crippen molar-refractivity contribution in [3.63, 3.8) is 0 Å². The van der Waals surface area contributed by atoms with Crippen molar-refractivity contribution in [3.8, 4) is 5.75 Å². The van der Waals surface area contributed by atoms with Gasteiger partial charge in [-0.1, -0.05) is 43.3 Å². The summed E-state index contributed by atoms with van der Waals surface area (Å²) < 4.78 is 5.63. The average molecular weight is 347 g/mol. The van der Waals surface area contributed by atoms with E-state index >= 15 is 0 Å². The number of nitrogens with one attached hydrogen (secondary N) is 2. The van der Waals surface area contributed by atoms with Gasteiger partial charge >= 0.3 is 0 Å². The second kappa shape index (κ2) is 8.71. The first-order valence-corrected chi connectivity index (χ1v) is 8.05. The minimum Gasteiger partial charge on any atom is -0.483 e. The van der Waals surface area contributed by atoms with Gasteiger partial charge in [0.15, 0.2) is 6.61 Å². The summed E-state index contributed by atoms with van der Waals surface area (Å²) >= 11 is 0. The fraction of sp³-hybridized carbons (Fsp3) is 0.316. The molecule has 1 aliphatic heterocycles. The number of fused-ring (bicyclic) bond motifs is 1. The van der Waals surface area contributed by atoms with E-state index in [4.69, 9.17) is 4.74 Å². The van der Waals surface area contributed by atoms with Crippen LogP contribution in [-0.4, -0.2) is 12.5 Å². The maximum Gasteiger partial charge on any atom is 0.258 e. The third-order valence-electron chi connectivity index (χ3n) is 4.10. The van der Waals surface area contributed by atoms with Crippen LogP contribution >= 0.6 is 12.4 Å². The van der Waals surface area contributed by atoms with E-state index in [0.29, 0.717) is 6.54 Å². The van der Waals surface area contributed by atoms with Crippen molar-refractivity contribution in [2.75, 3.05) is 6.61 Å². The second-order valence-corrected chi connectivity index (χ2v) is 5.73. The Balaban J connectivity index is 0.00000208. The van der Waals surface area contributed by atoms with E-state index in [1.807, 2.05) is 24.3 Å². The predicted molar refractivity (Wildman–Crippen MR) is 97.4 cm³/mol. The number of hydrogen-bond acceptors (Lipinski definition) is 3. The van der Waals surface area contributed by atoms with Gasteiger partial charge in [-0.05, 0) is 34.7 Å². The number of benzene rings is 2. The highest BCUT2D eigenvalue weighted by Gasteiger charge is 2.10. The largest absolute Gasteiger partial charge is 0.483 e. The molecule has 0 radical (unpaired) electrons. The molecule has 0 aliphatic carbocycles. The van der Waals surface area contributed by atoms with Gasteiger partial charge in [0.2, 0.25) is 0 Å². The zero-order chi connectivity index (χ0) is 16.1. The lowest BCUT2D eigenvalue weighted by molar-refractivity contribution is -0.123. The van der Waals surface area contributed by atoms with Gasteiger partial charge in [-0.15, -0.1) is 12.4 Å². The smallest absolute Gasteiger partial charge is 0.258 e. The molecule has 2 aromatic carbocycles. The SMILES string of the molecule is CCc1ccccc1OCC(=O)NCc1ccc2c(c1)CNC2.Cl. The maximum absolute atomic E-state index is 12.0. The molecule has 4 nitrogen and oxygen atoms in total. The van der Waals surface area contributed by atoms with E-state index in [0.717, 1.165) is 36.4 Å². The molecular formula is C19H23ClN2O2. The zero-order valence-electron chi connectivity index (χ0n) is 13.8. The summed E-state index contributed by atoms with van der Waals surface area (Å²) in [7, 11) is 0. The normalized spacial score (nSPS) is 12.2. The van der Waals surface area contributed by atoms with Crippen molar-refractivity contribution in [2.24, 2.45) is 0 Å². The van der Waals surface area contributed by atoms with Crippen molar-refractivity contribution < 1.29 is 9.53 Å². The third kappa shape index (κ3) is 4.49. The summed E-state index contributed by atoms with van der Waals surface area (Å²) in [6.45, 7) is 4.50. The molecule has 2 aromatic rings. The van der Waals surface area contributed by atoms with Crippen LogP contribution < -0.4 is 15.4 Å². The van der Waals surface area contributed by atoms with Crippen LogP contribution in [0.1, 0.15) is 29.2 Å². The van der Waals surface area contributed by atoms with Crippen LogP contribution in [0, 0.1) is 0 Å². The Morgan fingerprint density at radius 2 is 1.96 bits per heavy atom. The molecule has 1 aliphatic rings. The lowest BCUT2D eigenvalue weighted by Crippen LogP contribution is -2.28. The molecule has 0 saturated heterocycles. The lowest BCUT2D eigenvalue weighted by Gasteiger charge is -2.11. The monoisotopic (exact) mass is 346 g/mol. The summed E-state index contributed by atoms with van der Waals surface area (Å²) in [6, 6.07) is 14.2. The number of carbonyl (C=O) groups is 1. The van der Waals surface area contributed by atoms with E-state index in [1.165, 1.54) is 11.1 Å². The minimum absolute atomic E-state index is 0. The Hall–Kier alpha value is -2.04. The standard InChI is InChI=1S/C19H22N2O2.ClH/c1-2-15-5-3-4-6-18(15)23-13-19(22)21-10-14-7-8-16-11-20-12-17(16)9-14;/h3-9,20H,2,10-13H2,1H3,(H,21,22);1H. The fourth-order valence-electron chi connectivity index (χ4n) is 2.79.